The summed E-state index contributed by atoms with van der Waals surface area (Å²) >= 11 is 10.3. The molecule has 0 bridgehead atoms. The Labute approximate surface area is 228 Å². The van der Waals surface area contributed by atoms with Gasteiger partial charge in [0, 0.05) is 54.7 Å². The zero-order chi connectivity index (χ0) is 23.6. The Morgan fingerprint density at radius 3 is 1.36 bits per heavy atom. The number of fused-ring (bicyclic) bond motifs is 3. The Morgan fingerprint density at radius 1 is 0.417 bits per heavy atom. The van der Waals surface area contributed by atoms with E-state index in [1.165, 1.54) is 50.5 Å². The highest BCUT2D eigenvalue weighted by Crippen LogP contribution is 2.43. The molecule has 0 aliphatic carbocycles. The lowest BCUT2D eigenvalue weighted by molar-refractivity contribution is 1.36. The lowest BCUT2D eigenvalue weighted by Crippen LogP contribution is -1.72. The van der Waals surface area contributed by atoms with Crippen LogP contribution in [0.25, 0.3) is 70.5 Å². The summed E-state index contributed by atoms with van der Waals surface area (Å²) < 4.78 is 2.60. The van der Waals surface area contributed by atoms with Crippen LogP contribution >= 0.6 is 68.0 Å². The second-order valence-corrected chi connectivity index (χ2v) is 14.1. The maximum atomic E-state index is 4.61. The average Bonchev–Trinajstić information content (AvgIpc) is 3.70. The predicted molar refractivity (Wildman–Crippen MR) is 159 cm³/mol. The van der Waals surface area contributed by atoms with Crippen LogP contribution in [0.4, 0.5) is 0 Å². The number of nitrogens with zero attached hydrogens (tertiary/aromatic N) is 4. The Morgan fingerprint density at radius 2 is 0.917 bits per heavy atom. The van der Waals surface area contributed by atoms with Gasteiger partial charge in [-0.25, -0.2) is 19.9 Å². The fourth-order valence-electron chi connectivity index (χ4n) is 4.20. The highest BCUT2D eigenvalue weighted by molar-refractivity contribution is 7.28. The molecule has 10 heteroatoms. The molecule has 8 aromatic rings. The molecule has 0 atom stereocenters. The number of benzene rings is 2. The van der Waals surface area contributed by atoms with Gasteiger partial charge in [-0.2, -0.15) is 0 Å². The van der Waals surface area contributed by atoms with Crippen LogP contribution in [-0.2, 0) is 0 Å². The molecular formula is C26H12N4S6. The van der Waals surface area contributed by atoms with Crippen molar-refractivity contribution < 1.29 is 0 Å². The molecule has 0 amide bonds. The van der Waals surface area contributed by atoms with Gasteiger partial charge in [0.2, 0.25) is 0 Å². The van der Waals surface area contributed by atoms with Gasteiger partial charge in [0.25, 0.3) is 0 Å². The summed E-state index contributed by atoms with van der Waals surface area (Å²) in [5, 5.41) is 13.0. The van der Waals surface area contributed by atoms with Crippen LogP contribution in [0.5, 0.6) is 0 Å². The molecule has 2 aromatic carbocycles. The van der Waals surface area contributed by atoms with E-state index in [4.69, 9.17) is 0 Å². The molecule has 0 saturated heterocycles. The number of aromatic nitrogens is 4. The first kappa shape index (κ1) is 21.2. The molecule has 4 nitrogen and oxygen atoms in total. The van der Waals surface area contributed by atoms with E-state index in [1.54, 1.807) is 45.3 Å². The van der Waals surface area contributed by atoms with E-state index in [0.717, 1.165) is 20.0 Å². The van der Waals surface area contributed by atoms with Crippen molar-refractivity contribution in [2.24, 2.45) is 0 Å². The molecule has 0 unspecified atom stereocenters. The highest BCUT2D eigenvalue weighted by atomic mass is 32.1. The summed E-state index contributed by atoms with van der Waals surface area (Å²) in [6.45, 7) is 0. The van der Waals surface area contributed by atoms with E-state index < -0.39 is 0 Å². The van der Waals surface area contributed by atoms with E-state index in [9.17, 15) is 0 Å². The Kier molecular flexibility index (Phi) is 4.92. The van der Waals surface area contributed by atoms with Gasteiger partial charge in [-0.3, -0.25) is 0 Å². The van der Waals surface area contributed by atoms with Crippen LogP contribution < -0.4 is 0 Å². The number of hydrogen-bond acceptors (Lipinski definition) is 10. The fraction of sp³-hybridized carbons (Fsp3) is 0. The largest absolute Gasteiger partial charge is 0.242 e. The third kappa shape index (κ3) is 3.56. The highest BCUT2D eigenvalue weighted by Gasteiger charge is 2.14. The van der Waals surface area contributed by atoms with Crippen LogP contribution in [-0.4, -0.2) is 19.9 Å². The monoisotopic (exact) mass is 572 g/mol. The molecule has 0 N–H and O–H groups in total. The second-order valence-electron chi connectivity index (χ2n) is 8.08. The number of thiazole rings is 4. The van der Waals surface area contributed by atoms with E-state index in [1.807, 2.05) is 58.2 Å². The average molecular weight is 573 g/mol. The fourth-order valence-corrected chi connectivity index (χ4v) is 9.72. The first-order chi connectivity index (χ1) is 17.8. The van der Waals surface area contributed by atoms with Gasteiger partial charge in [0.15, 0.2) is 20.0 Å². The molecule has 0 aliphatic heterocycles. The van der Waals surface area contributed by atoms with Crippen LogP contribution in [0.2, 0.25) is 0 Å². The lowest BCUT2D eigenvalue weighted by atomic mass is 10.1. The van der Waals surface area contributed by atoms with Gasteiger partial charge < -0.3 is 0 Å². The molecular weight excluding hydrogens is 561 g/mol. The molecule has 0 fully saturated rings. The van der Waals surface area contributed by atoms with Crippen molar-refractivity contribution in [2.75, 3.05) is 0 Å². The first-order valence-electron chi connectivity index (χ1n) is 10.9. The summed E-state index contributed by atoms with van der Waals surface area (Å²) in [5.74, 6) is 0. The quantitative estimate of drug-likeness (QED) is 0.211. The van der Waals surface area contributed by atoms with E-state index in [-0.39, 0.29) is 0 Å². The first-order valence-corrected chi connectivity index (χ1v) is 15.9. The van der Waals surface area contributed by atoms with Gasteiger partial charge >= 0.3 is 0 Å². The molecule has 6 aromatic heterocycles. The Balaban J connectivity index is 1.17. The number of thiophene rings is 2. The van der Waals surface area contributed by atoms with Crippen molar-refractivity contribution in [3.63, 3.8) is 0 Å². The van der Waals surface area contributed by atoms with Crippen molar-refractivity contribution in [1.29, 1.82) is 0 Å². The zero-order valence-electron chi connectivity index (χ0n) is 18.2. The van der Waals surface area contributed by atoms with Crippen molar-refractivity contribution in [2.45, 2.75) is 0 Å². The summed E-state index contributed by atoms with van der Waals surface area (Å²) in [6.07, 6.45) is 7.61. The Bertz CT molecular complexity index is 1790. The maximum absolute atomic E-state index is 4.61. The SMILES string of the molecule is c1csc(-c2ncc(-c3cc4cc5cc6sc(-c7cnc(-c8nccs8)s7)cc6cc5cc4s3)s2)n1. The lowest BCUT2D eigenvalue weighted by Gasteiger charge is -1.99. The van der Waals surface area contributed by atoms with Gasteiger partial charge in [-0.1, -0.05) is 0 Å². The number of hydrogen-bond donors (Lipinski definition) is 0. The van der Waals surface area contributed by atoms with Crippen molar-refractivity contribution in [1.82, 2.24) is 19.9 Å². The van der Waals surface area contributed by atoms with Crippen LogP contribution in [0.3, 0.4) is 0 Å². The van der Waals surface area contributed by atoms with Crippen molar-refractivity contribution in [3.05, 3.63) is 71.9 Å². The third-order valence-corrected chi connectivity index (χ3v) is 12.3. The predicted octanol–water partition coefficient (Wildman–Crippen LogP) is 9.76. The standard InChI is InChI=1S/C26H12N4S6/c1-3-31-23(27-1)25-29-11-21(35-25)19-9-15-5-13-8-18-16(6-14(13)7-17(15)33-19)10-20(34-18)22-12-30-26(36-22)24-28-2-4-32-24/h1-12H. The Hall–Kier alpha value is -2.86. The van der Waals surface area contributed by atoms with Gasteiger partial charge in [0.05, 0.1) is 9.75 Å². The minimum absolute atomic E-state index is 0.982. The molecule has 0 aliphatic rings. The maximum Gasteiger partial charge on any atom is 0.152 e. The third-order valence-electron chi connectivity index (χ3n) is 5.84. The van der Waals surface area contributed by atoms with E-state index >= 15 is 0 Å². The van der Waals surface area contributed by atoms with Crippen molar-refractivity contribution >= 4 is 99.0 Å². The topological polar surface area (TPSA) is 51.6 Å². The molecule has 8 rings (SSSR count). The molecule has 0 saturated carbocycles. The molecule has 36 heavy (non-hydrogen) atoms. The van der Waals surface area contributed by atoms with E-state index in [0.29, 0.717) is 0 Å². The summed E-state index contributed by atoms with van der Waals surface area (Å²) in [7, 11) is 0. The van der Waals surface area contributed by atoms with Crippen LogP contribution in [0, 0.1) is 0 Å². The van der Waals surface area contributed by atoms with Gasteiger partial charge in [-0.05, 0) is 57.9 Å². The second kappa shape index (κ2) is 8.34. The summed E-state index contributed by atoms with van der Waals surface area (Å²) in [5.41, 5.74) is 0. The van der Waals surface area contributed by atoms with E-state index in [2.05, 4.69) is 56.3 Å². The summed E-state index contributed by atoms with van der Waals surface area (Å²) in [6, 6.07) is 13.9. The minimum atomic E-state index is 0.982. The smallest absolute Gasteiger partial charge is 0.152 e. The van der Waals surface area contributed by atoms with Crippen molar-refractivity contribution in [3.8, 4) is 39.5 Å². The number of rotatable bonds is 4. The molecule has 0 radical (unpaired) electrons. The normalized spacial score (nSPS) is 11.9. The molecule has 172 valence electrons. The zero-order valence-corrected chi connectivity index (χ0v) is 23.1. The van der Waals surface area contributed by atoms with Gasteiger partial charge in [-0.15, -0.1) is 68.0 Å². The molecule has 0 spiro atoms. The van der Waals surface area contributed by atoms with Gasteiger partial charge in [0.1, 0.15) is 0 Å². The van der Waals surface area contributed by atoms with Crippen LogP contribution in [0.1, 0.15) is 0 Å². The molecule has 6 heterocycles. The van der Waals surface area contributed by atoms with Crippen LogP contribution in [0.15, 0.2) is 71.9 Å². The minimum Gasteiger partial charge on any atom is -0.242 e. The summed E-state index contributed by atoms with van der Waals surface area (Å²) in [4.78, 5) is 22.9.